The molecular formula is C14H11FN4S. The monoisotopic (exact) mass is 286 g/mol. The largest absolute Gasteiger partial charge is 0.368 e. The van der Waals surface area contributed by atoms with Gasteiger partial charge in [0.25, 0.3) is 0 Å². The first-order valence-corrected chi connectivity index (χ1v) is 6.79. The van der Waals surface area contributed by atoms with Gasteiger partial charge in [-0.15, -0.1) is 11.3 Å². The van der Waals surface area contributed by atoms with Crippen LogP contribution in [0.1, 0.15) is 5.56 Å². The second kappa shape index (κ2) is 5.26. The third kappa shape index (κ3) is 2.60. The normalized spacial score (nSPS) is 11.2. The van der Waals surface area contributed by atoms with E-state index >= 15 is 0 Å². The minimum absolute atomic E-state index is 0.274. The van der Waals surface area contributed by atoms with E-state index in [4.69, 9.17) is 5.73 Å². The van der Waals surface area contributed by atoms with Crippen LogP contribution in [0.5, 0.6) is 0 Å². The molecule has 0 aliphatic carbocycles. The summed E-state index contributed by atoms with van der Waals surface area (Å²) in [5.41, 5.74) is 7.39. The summed E-state index contributed by atoms with van der Waals surface area (Å²) in [4.78, 5) is 5.29. The van der Waals surface area contributed by atoms with E-state index in [1.807, 2.05) is 17.5 Å². The highest BCUT2D eigenvalue weighted by Gasteiger charge is 2.06. The molecule has 0 unspecified atom stereocenters. The van der Waals surface area contributed by atoms with Crippen LogP contribution in [0.3, 0.4) is 0 Å². The van der Waals surface area contributed by atoms with Gasteiger partial charge in [-0.3, -0.25) is 0 Å². The Bertz CT molecular complexity index is 729. The number of nitrogen functional groups attached to an aromatic ring is 1. The molecular weight excluding hydrogens is 275 g/mol. The number of rotatable bonds is 3. The Hall–Kier alpha value is -2.47. The summed E-state index contributed by atoms with van der Waals surface area (Å²) in [5, 5.41) is 6.20. The molecule has 0 spiro atoms. The molecule has 100 valence electrons. The Morgan fingerprint density at radius 2 is 2.05 bits per heavy atom. The second-order valence-electron chi connectivity index (χ2n) is 4.10. The van der Waals surface area contributed by atoms with E-state index < -0.39 is 0 Å². The number of nitrogens with zero attached hydrogens (tertiary/aromatic N) is 3. The van der Waals surface area contributed by atoms with Crippen LogP contribution in [-0.4, -0.2) is 15.9 Å². The molecule has 20 heavy (non-hydrogen) atoms. The summed E-state index contributed by atoms with van der Waals surface area (Å²) in [7, 11) is 0. The van der Waals surface area contributed by atoms with Crippen LogP contribution in [0.15, 0.2) is 53.1 Å². The van der Waals surface area contributed by atoms with Crippen molar-refractivity contribution in [2.75, 3.05) is 5.73 Å². The van der Waals surface area contributed by atoms with Gasteiger partial charge in [0.05, 0.1) is 17.3 Å². The van der Waals surface area contributed by atoms with Gasteiger partial charge in [0.2, 0.25) is 5.95 Å². The maximum Gasteiger partial charge on any atom is 0.221 e. The van der Waals surface area contributed by atoms with Crippen molar-refractivity contribution in [2.24, 2.45) is 5.10 Å². The van der Waals surface area contributed by atoms with E-state index in [0.717, 1.165) is 16.1 Å². The van der Waals surface area contributed by atoms with Crippen molar-refractivity contribution in [3.63, 3.8) is 0 Å². The van der Waals surface area contributed by atoms with Crippen LogP contribution in [0.4, 0.5) is 10.3 Å². The second-order valence-corrected chi connectivity index (χ2v) is 5.05. The Labute approximate surface area is 119 Å². The molecule has 0 fully saturated rings. The van der Waals surface area contributed by atoms with Gasteiger partial charge in [-0.1, -0.05) is 18.2 Å². The fraction of sp³-hybridized carbons (Fsp3) is 0. The SMILES string of the molecule is Nc1nc(-c2cccs2)cn1/N=C/c1ccc(F)cc1. The lowest BCUT2D eigenvalue weighted by Gasteiger charge is -1.95. The molecule has 4 nitrogen and oxygen atoms in total. The van der Waals surface area contributed by atoms with Gasteiger partial charge in [-0.25, -0.2) is 14.1 Å². The standard InChI is InChI=1S/C14H11FN4S/c15-11-5-3-10(4-6-11)8-17-19-9-12(18-14(19)16)13-2-1-7-20-13/h1-9H,(H2,16,18)/b17-8+. The molecule has 0 saturated carbocycles. The van der Waals surface area contributed by atoms with Crippen molar-refractivity contribution in [3.8, 4) is 10.6 Å². The first-order chi connectivity index (χ1) is 9.72. The zero-order valence-electron chi connectivity index (χ0n) is 10.4. The predicted molar refractivity (Wildman–Crippen MR) is 79.3 cm³/mol. The van der Waals surface area contributed by atoms with Crippen LogP contribution in [0.2, 0.25) is 0 Å². The lowest BCUT2D eigenvalue weighted by Crippen LogP contribution is -1.96. The molecule has 0 aliphatic rings. The zero-order valence-corrected chi connectivity index (χ0v) is 11.2. The topological polar surface area (TPSA) is 56.2 Å². The lowest BCUT2D eigenvalue weighted by atomic mass is 10.2. The third-order valence-corrected chi connectivity index (χ3v) is 3.58. The minimum Gasteiger partial charge on any atom is -0.368 e. The number of benzene rings is 1. The molecule has 2 aromatic heterocycles. The quantitative estimate of drug-likeness (QED) is 0.752. The van der Waals surface area contributed by atoms with Gasteiger partial charge in [0.15, 0.2) is 0 Å². The van der Waals surface area contributed by atoms with Gasteiger partial charge in [-0.2, -0.15) is 5.10 Å². The van der Waals surface area contributed by atoms with E-state index in [1.165, 1.54) is 16.8 Å². The molecule has 3 rings (SSSR count). The smallest absolute Gasteiger partial charge is 0.221 e. The number of halogens is 1. The summed E-state index contributed by atoms with van der Waals surface area (Å²) in [6, 6.07) is 9.99. The van der Waals surface area contributed by atoms with Gasteiger partial charge in [0.1, 0.15) is 11.5 Å². The predicted octanol–water partition coefficient (Wildman–Crippen LogP) is 3.22. The van der Waals surface area contributed by atoms with Crippen LogP contribution in [0, 0.1) is 5.82 Å². The molecule has 3 aromatic rings. The Morgan fingerprint density at radius 3 is 2.75 bits per heavy atom. The highest BCUT2D eigenvalue weighted by molar-refractivity contribution is 7.13. The Kier molecular flexibility index (Phi) is 3.30. The molecule has 0 bridgehead atoms. The fourth-order valence-corrected chi connectivity index (χ4v) is 2.38. The van der Waals surface area contributed by atoms with Crippen LogP contribution in [-0.2, 0) is 0 Å². The molecule has 0 radical (unpaired) electrons. The Morgan fingerprint density at radius 1 is 1.25 bits per heavy atom. The van der Waals surface area contributed by atoms with Gasteiger partial charge >= 0.3 is 0 Å². The molecule has 1 aromatic carbocycles. The van der Waals surface area contributed by atoms with Crippen molar-refractivity contribution in [2.45, 2.75) is 0 Å². The Balaban J connectivity index is 1.86. The highest BCUT2D eigenvalue weighted by atomic mass is 32.1. The fourth-order valence-electron chi connectivity index (χ4n) is 1.70. The van der Waals surface area contributed by atoms with Crippen molar-refractivity contribution < 1.29 is 4.39 Å². The average Bonchev–Trinajstić information content (AvgIpc) is 3.08. The van der Waals surface area contributed by atoms with Crippen LogP contribution in [0.25, 0.3) is 10.6 Å². The first-order valence-electron chi connectivity index (χ1n) is 5.91. The van der Waals surface area contributed by atoms with E-state index in [-0.39, 0.29) is 5.82 Å². The molecule has 0 amide bonds. The van der Waals surface area contributed by atoms with Crippen molar-refractivity contribution in [1.29, 1.82) is 0 Å². The first kappa shape index (κ1) is 12.6. The third-order valence-electron chi connectivity index (χ3n) is 2.69. The van der Waals surface area contributed by atoms with Gasteiger partial charge < -0.3 is 5.73 Å². The number of nitrogens with two attached hydrogens (primary N) is 1. The van der Waals surface area contributed by atoms with E-state index in [0.29, 0.717) is 5.95 Å². The number of thiophene rings is 1. The zero-order chi connectivity index (χ0) is 13.9. The van der Waals surface area contributed by atoms with Crippen molar-refractivity contribution in [3.05, 3.63) is 59.4 Å². The number of hydrogen-bond donors (Lipinski definition) is 1. The molecule has 6 heteroatoms. The van der Waals surface area contributed by atoms with Gasteiger partial charge in [0, 0.05) is 0 Å². The number of hydrogen-bond acceptors (Lipinski definition) is 4. The maximum atomic E-state index is 12.8. The summed E-state index contributed by atoms with van der Waals surface area (Å²) in [6.45, 7) is 0. The summed E-state index contributed by atoms with van der Waals surface area (Å²) < 4.78 is 14.3. The average molecular weight is 286 g/mol. The molecule has 2 heterocycles. The van der Waals surface area contributed by atoms with E-state index in [1.54, 1.807) is 35.9 Å². The number of imidazole rings is 1. The molecule has 2 N–H and O–H groups in total. The lowest BCUT2D eigenvalue weighted by molar-refractivity contribution is 0.628. The van der Waals surface area contributed by atoms with E-state index in [9.17, 15) is 4.39 Å². The summed E-state index contributed by atoms with van der Waals surface area (Å²) in [5.74, 6) is 0.0380. The molecule has 0 saturated heterocycles. The highest BCUT2D eigenvalue weighted by Crippen LogP contribution is 2.24. The van der Waals surface area contributed by atoms with Crippen molar-refractivity contribution in [1.82, 2.24) is 9.66 Å². The number of anilines is 1. The van der Waals surface area contributed by atoms with Crippen LogP contribution < -0.4 is 5.73 Å². The maximum absolute atomic E-state index is 12.8. The number of aromatic nitrogens is 2. The molecule has 0 atom stereocenters. The van der Waals surface area contributed by atoms with E-state index in [2.05, 4.69) is 10.1 Å². The van der Waals surface area contributed by atoms with Gasteiger partial charge in [-0.05, 0) is 29.1 Å². The van der Waals surface area contributed by atoms with Crippen molar-refractivity contribution >= 4 is 23.5 Å². The van der Waals surface area contributed by atoms with Crippen LogP contribution >= 0.6 is 11.3 Å². The minimum atomic E-state index is -0.274. The summed E-state index contributed by atoms with van der Waals surface area (Å²) in [6.07, 6.45) is 3.37. The molecule has 0 aliphatic heterocycles. The summed E-state index contributed by atoms with van der Waals surface area (Å²) >= 11 is 1.59.